The summed E-state index contributed by atoms with van der Waals surface area (Å²) in [5.41, 5.74) is 1.33. The number of halogens is 1. The molecule has 0 N–H and O–H groups in total. The van der Waals surface area contributed by atoms with Gasteiger partial charge in [0.05, 0.1) is 18.6 Å². The molecule has 0 bridgehead atoms. The maximum Gasteiger partial charge on any atom is 0.193 e. The normalized spacial score (nSPS) is 10.9. The molecule has 3 rings (SSSR count). The standard InChI is InChI=1S/C19H17BrO4/c20-8-9-22-10-11-23-15-6-7-18-16(12-15)17(21)13-19(24-18)14-4-2-1-3-5-14/h1-7,12-13H,8-11H2. The molecule has 1 heterocycles. The Bertz CT molecular complexity index is 858. The summed E-state index contributed by atoms with van der Waals surface area (Å²) in [7, 11) is 0. The minimum absolute atomic E-state index is 0.0870. The maximum atomic E-state index is 12.4. The highest BCUT2D eigenvalue weighted by Gasteiger charge is 2.08. The number of hydrogen-bond acceptors (Lipinski definition) is 4. The second kappa shape index (κ2) is 8.13. The molecule has 0 aliphatic heterocycles. The zero-order valence-corrected chi connectivity index (χ0v) is 14.6. The lowest BCUT2D eigenvalue weighted by Gasteiger charge is -2.08. The van der Waals surface area contributed by atoms with E-state index >= 15 is 0 Å². The molecule has 24 heavy (non-hydrogen) atoms. The van der Waals surface area contributed by atoms with Crippen LogP contribution in [-0.4, -0.2) is 25.2 Å². The van der Waals surface area contributed by atoms with Gasteiger partial charge in [-0.15, -0.1) is 0 Å². The van der Waals surface area contributed by atoms with Crippen LogP contribution in [-0.2, 0) is 4.74 Å². The molecule has 0 saturated carbocycles. The van der Waals surface area contributed by atoms with E-state index in [9.17, 15) is 4.79 Å². The number of rotatable bonds is 7. The molecule has 124 valence electrons. The van der Waals surface area contributed by atoms with E-state index in [1.807, 2.05) is 30.3 Å². The fraction of sp³-hybridized carbons (Fsp3) is 0.211. The van der Waals surface area contributed by atoms with Crippen LogP contribution in [0.25, 0.3) is 22.3 Å². The van der Waals surface area contributed by atoms with Crippen LogP contribution >= 0.6 is 15.9 Å². The van der Waals surface area contributed by atoms with E-state index in [1.165, 1.54) is 6.07 Å². The van der Waals surface area contributed by atoms with Gasteiger partial charge in [-0.1, -0.05) is 46.3 Å². The lowest BCUT2D eigenvalue weighted by atomic mass is 10.1. The van der Waals surface area contributed by atoms with Crippen molar-refractivity contribution in [1.82, 2.24) is 0 Å². The van der Waals surface area contributed by atoms with Crippen molar-refractivity contribution in [3.8, 4) is 17.1 Å². The third-order valence-corrected chi connectivity index (χ3v) is 3.80. The monoisotopic (exact) mass is 388 g/mol. The minimum Gasteiger partial charge on any atom is -0.491 e. The zero-order chi connectivity index (χ0) is 16.8. The van der Waals surface area contributed by atoms with Gasteiger partial charge in [0.15, 0.2) is 5.43 Å². The van der Waals surface area contributed by atoms with E-state index in [4.69, 9.17) is 13.9 Å². The molecule has 0 atom stereocenters. The number of fused-ring (bicyclic) bond motifs is 1. The zero-order valence-electron chi connectivity index (χ0n) is 13.0. The first kappa shape index (κ1) is 16.7. The Kier molecular flexibility index (Phi) is 5.67. The van der Waals surface area contributed by atoms with E-state index in [1.54, 1.807) is 18.2 Å². The fourth-order valence-electron chi connectivity index (χ4n) is 2.34. The van der Waals surface area contributed by atoms with E-state index in [0.29, 0.717) is 42.3 Å². The van der Waals surface area contributed by atoms with Crippen molar-refractivity contribution in [2.24, 2.45) is 0 Å². The second-order valence-corrected chi connectivity index (χ2v) is 5.94. The summed E-state index contributed by atoms with van der Waals surface area (Å²) in [6.07, 6.45) is 0. The van der Waals surface area contributed by atoms with Crippen LogP contribution in [0.5, 0.6) is 5.75 Å². The third-order valence-electron chi connectivity index (χ3n) is 3.47. The van der Waals surface area contributed by atoms with Gasteiger partial charge in [-0.2, -0.15) is 0 Å². The average molecular weight is 389 g/mol. The van der Waals surface area contributed by atoms with Gasteiger partial charge in [0.1, 0.15) is 23.7 Å². The predicted octanol–water partition coefficient (Wildman–Crippen LogP) is 4.25. The van der Waals surface area contributed by atoms with Crippen molar-refractivity contribution in [3.05, 3.63) is 64.8 Å². The number of benzene rings is 2. The van der Waals surface area contributed by atoms with Crippen molar-refractivity contribution in [3.63, 3.8) is 0 Å². The molecule has 5 heteroatoms. The third kappa shape index (κ3) is 4.04. The number of hydrogen-bond donors (Lipinski definition) is 0. The summed E-state index contributed by atoms with van der Waals surface area (Å²) < 4.78 is 16.8. The molecule has 0 aliphatic rings. The lowest BCUT2D eigenvalue weighted by Crippen LogP contribution is -2.08. The van der Waals surface area contributed by atoms with Gasteiger partial charge in [-0.3, -0.25) is 4.79 Å². The van der Waals surface area contributed by atoms with Gasteiger partial charge in [-0.05, 0) is 18.2 Å². The van der Waals surface area contributed by atoms with Crippen LogP contribution < -0.4 is 10.2 Å². The molecule has 0 unspecified atom stereocenters. The Balaban J connectivity index is 1.81. The molecule has 0 aliphatic carbocycles. The van der Waals surface area contributed by atoms with Crippen LogP contribution in [0.1, 0.15) is 0 Å². The summed E-state index contributed by atoms with van der Waals surface area (Å²) in [6, 6.07) is 16.3. The lowest BCUT2D eigenvalue weighted by molar-refractivity contribution is 0.112. The molecule has 0 spiro atoms. The Morgan fingerprint density at radius 2 is 1.79 bits per heavy atom. The van der Waals surface area contributed by atoms with Crippen LogP contribution in [0, 0.1) is 0 Å². The summed E-state index contributed by atoms with van der Waals surface area (Å²) in [5.74, 6) is 1.19. The molecule has 0 saturated heterocycles. The van der Waals surface area contributed by atoms with Crippen LogP contribution in [0.15, 0.2) is 63.8 Å². The van der Waals surface area contributed by atoms with Crippen LogP contribution in [0.4, 0.5) is 0 Å². The highest BCUT2D eigenvalue weighted by Crippen LogP contribution is 2.24. The molecule has 0 fully saturated rings. The van der Waals surface area contributed by atoms with Crippen molar-refractivity contribution < 1.29 is 13.9 Å². The van der Waals surface area contributed by atoms with Crippen molar-refractivity contribution >= 4 is 26.9 Å². The molecule has 4 nitrogen and oxygen atoms in total. The van der Waals surface area contributed by atoms with E-state index < -0.39 is 0 Å². The first-order chi connectivity index (χ1) is 11.8. The van der Waals surface area contributed by atoms with Crippen molar-refractivity contribution in [1.29, 1.82) is 0 Å². The van der Waals surface area contributed by atoms with E-state index in [0.717, 1.165) is 10.9 Å². The van der Waals surface area contributed by atoms with Gasteiger partial charge in [0.25, 0.3) is 0 Å². The van der Waals surface area contributed by atoms with E-state index in [2.05, 4.69) is 15.9 Å². The van der Waals surface area contributed by atoms with Crippen molar-refractivity contribution in [2.45, 2.75) is 0 Å². The summed E-state index contributed by atoms with van der Waals surface area (Å²) in [5, 5.41) is 1.31. The number of ether oxygens (including phenoxy) is 2. The molecular formula is C19H17BrO4. The first-order valence-electron chi connectivity index (χ1n) is 7.68. The van der Waals surface area contributed by atoms with Gasteiger partial charge < -0.3 is 13.9 Å². The van der Waals surface area contributed by atoms with Crippen LogP contribution in [0.2, 0.25) is 0 Å². The Labute approximate surface area is 148 Å². The number of alkyl halides is 1. The average Bonchev–Trinajstić information content (AvgIpc) is 2.62. The molecule has 1 aromatic heterocycles. The molecule has 0 radical (unpaired) electrons. The topological polar surface area (TPSA) is 48.7 Å². The van der Waals surface area contributed by atoms with Gasteiger partial charge in [0.2, 0.25) is 0 Å². The van der Waals surface area contributed by atoms with Gasteiger partial charge >= 0.3 is 0 Å². The largest absolute Gasteiger partial charge is 0.491 e. The summed E-state index contributed by atoms with van der Waals surface area (Å²) in [6.45, 7) is 1.59. The maximum absolute atomic E-state index is 12.4. The molecule has 2 aromatic carbocycles. The summed E-state index contributed by atoms with van der Waals surface area (Å²) in [4.78, 5) is 12.4. The molecule has 3 aromatic rings. The smallest absolute Gasteiger partial charge is 0.193 e. The predicted molar refractivity (Wildman–Crippen MR) is 98.0 cm³/mol. The fourth-order valence-corrected chi connectivity index (χ4v) is 2.57. The quantitative estimate of drug-likeness (QED) is 0.448. The SMILES string of the molecule is O=c1cc(-c2ccccc2)oc2ccc(OCCOCCBr)cc12. The molecule has 0 amide bonds. The minimum atomic E-state index is -0.0870. The first-order valence-corrected chi connectivity index (χ1v) is 8.80. The van der Waals surface area contributed by atoms with Crippen LogP contribution in [0.3, 0.4) is 0 Å². The summed E-state index contributed by atoms with van der Waals surface area (Å²) >= 11 is 3.29. The van der Waals surface area contributed by atoms with E-state index in [-0.39, 0.29) is 5.43 Å². The Morgan fingerprint density at radius 1 is 0.958 bits per heavy atom. The molecular weight excluding hydrogens is 372 g/mol. The van der Waals surface area contributed by atoms with Crippen molar-refractivity contribution in [2.75, 3.05) is 25.2 Å². The highest BCUT2D eigenvalue weighted by molar-refractivity contribution is 9.09. The highest BCUT2D eigenvalue weighted by atomic mass is 79.9. The second-order valence-electron chi connectivity index (χ2n) is 5.15. The Morgan fingerprint density at radius 3 is 2.58 bits per heavy atom. The van der Waals surface area contributed by atoms with Gasteiger partial charge in [0, 0.05) is 17.0 Å². The Hall–Kier alpha value is -2.11. The van der Waals surface area contributed by atoms with Gasteiger partial charge in [-0.25, -0.2) is 0 Å².